The van der Waals surface area contributed by atoms with Crippen LogP contribution in [0.5, 0.6) is 5.75 Å². The minimum atomic E-state index is -4.70. The second-order valence-corrected chi connectivity index (χ2v) is 6.62. The van der Waals surface area contributed by atoms with Gasteiger partial charge in [0.2, 0.25) is 0 Å². The van der Waals surface area contributed by atoms with E-state index in [-0.39, 0.29) is 11.8 Å². The summed E-state index contributed by atoms with van der Waals surface area (Å²) in [6.45, 7) is 0. The van der Waals surface area contributed by atoms with Gasteiger partial charge < -0.3 is 4.74 Å². The normalized spacial score (nSPS) is 17.2. The van der Waals surface area contributed by atoms with Crippen molar-refractivity contribution in [2.45, 2.75) is 38.1 Å². The molecular formula is C20H18F3N3O. The molecule has 0 bridgehead atoms. The number of ether oxygens (including phenoxy) is 1. The van der Waals surface area contributed by atoms with E-state index in [9.17, 15) is 13.2 Å². The van der Waals surface area contributed by atoms with Crippen LogP contribution in [0.3, 0.4) is 0 Å². The molecule has 1 aliphatic rings. The lowest BCUT2D eigenvalue weighted by Gasteiger charge is -2.17. The first kappa shape index (κ1) is 17.6. The van der Waals surface area contributed by atoms with Gasteiger partial charge in [-0.25, -0.2) is 4.68 Å². The van der Waals surface area contributed by atoms with Crippen LogP contribution >= 0.6 is 0 Å². The first-order valence-electron chi connectivity index (χ1n) is 8.85. The maximum absolute atomic E-state index is 12.3. The summed E-state index contributed by atoms with van der Waals surface area (Å²) in [5.41, 5.74) is 3.92. The molecule has 4 rings (SSSR count). The van der Waals surface area contributed by atoms with Gasteiger partial charge in [0.15, 0.2) is 0 Å². The number of fused-ring (bicyclic) bond motifs is 1. The number of aryl methyl sites for hydroxylation is 1. The van der Waals surface area contributed by atoms with Crippen LogP contribution in [0.25, 0.3) is 11.3 Å². The molecule has 0 aliphatic heterocycles. The van der Waals surface area contributed by atoms with Crippen molar-refractivity contribution in [1.82, 2.24) is 15.0 Å². The van der Waals surface area contributed by atoms with Crippen molar-refractivity contribution in [1.29, 1.82) is 0 Å². The van der Waals surface area contributed by atoms with E-state index >= 15 is 0 Å². The predicted octanol–water partition coefficient (Wildman–Crippen LogP) is 5.16. The molecule has 1 aliphatic carbocycles. The number of hydrogen-bond donors (Lipinski definition) is 0. The maximum atomic E-state index is 12.3. The van der Waals surface area contributed by atoms with Crippen LogP contribution in [0.2, 0.25) is 0 Å². The molecule has 0 N–H and O–H groups in total. The molecule has 4 nitrogen and oxygen atoms in total. The number of hydrogen-bond acceptors (Lipinski definition) is 3. The zero-order valence-corrected chi connectivity index (χ0v) is 14.5. The van der Waals surface area contributed by atoms with Gasteiger partial charge in [-0.3, -0.25) is 0 Å². The molecule has 140 valence electrons. The number of rotatable bonds is 3. The topological polar surface area (TPSA) is 39.9 Å². The molecule has 0 spiro atoms. The molecule has 0 fully saturated rings. The van der Waals surface area contributed by atoms with E-state index < -0.39 is 6.36 Å². The van der Waals surface area contributed by atoms with E-state index in [1.807, 2.05) is 16.9 Å². The largest absolute Gasteiger partial charge is 0.573 e. The Morgan fingerprint density at radius 1 is 1.00 bits per heavy atom. The van der Waals surface area contributed by atoms with Gasteiger partial charge in [-0.1, -0.05) is 35.9 Å². The van der Waals surface area contributed by atoms with Gasteiger partial charge in [0.1, 0.15) is 11.4 Å². The Morgan fingerprint density at radius 3 is 2.56 bits per heavy atom. The summed E-state index contributed by atoms with van der Waals surface area (Å²) in [6.07, 6.45) is 1.46. The van der Waals surface area contributed by atoms with Crippen molar-refractivity contribution in [3.05, 3.63) is 65.9 Å². The molecule has 7 heteroatoms. The summed E-state index contributed by atoms with van der Waals surface area (Å²) in [6, 6.07) is 14.2. The standard InChI is InChI=1S/C20H18F3N3O/c21-20(22,23)27-16-11-9-15(10-12-16)18-13-26(25-24-18)19-8-4-2-6-14-5-1-3-7-17(14)19/h1,3,5,7,9-13,19H,2,4,6,8H2. The van der Waals surface area contributed by atoms with Gasteiger partial charge in [-0.05, 0) is 54.7 Å². The van der Waals surface area contributed by atoms with Gasteiger partial charge in [-0.2, -0.15) is 0 Å². The molecule has 1 heterocycles. The molecular weight excluding hydrogens is 355 g/mol. The average Bonchev–Trinajstić information content (AvgIpc) is 3.02. The van der Waals surface area contributed by atoms with Crippen molar-refractivity contribution < 1.29 is 17.9 Å². The third kappa shape index (κ3) is 3.97. The highest BCUT2D eigenvalue weighted by atomic mass is 19.4. The minimum absolute atomic E-state index is 0.123. The number of alkyl halides is 3. The Kier molecular flexibility index (Phi) is 4.59. The molecule has 0 saturated carbocycles. The molecule has 1 unspecified atom stereocenters. The molecule has 0 radical (unpaired) electrons. The van der Waals surface area contributed by atoms with E-state index in [1.165, 1.54) is 23.3 Å². The first-order valence-corrected chi connectivity index (χ1v) is 8.85. The van der Waals surface area contributed by atoms with Crippen molar-refractivity contribution in [3.63, 3.8) is 0 Å². The van der Waals surface area contributed by atoms with Crippen LogP contribution in [-0.2, 0) is 6.42 Å². The Labute approximate surface area is 154 Å². The second-order valence-electron chi connectivity index (χ2n) is 6.62. The zero-order chi connectivity index (χ0) is 18.9. The molecule has 0 saturated heterocycles. The van der Waals surface area contributed by atoms with Crippen molar-refractivity contribution in [3.8, 4) is 17.0 Å². The van der Waals surface area contributed by atoms with Crippen LogP contribution in [-0.4, -0.2) is 21.4 Å². The molecule has 1 aromatic heterocycles. The van der Waals surface area contributed by atoms with Crippen LogP contribution in [0.1, 0.15) is 36.4 Å². The summed E-state index contributed by atoms with van der Waals surface area (Å²) < 4.78 is 42.6. The average molecular weight is 373 g/mol. The number of nitrogens with zero attached hydrogens (tertiary/aromatic N) is 3. The summed E-state index contributed by atoms with van der Waals surface area (Å²) in [7, 11) is 0. The molecule has 3 aromatic rings. The molecule has 27 heavy (non-hydrogen) atoms. The van der Waals surface area contributed by atoms with Crippen LogP contribution in [0, 0.1) is 0 Å². The lowest BCUT2D eigenvalue weighted by molar-refractivity contribution is -0.274. The monoisotopic (exact) mass is 373 g/mol. The van der Waals surface area contributed by atoms with Gasteiger partial charge in [0.05, 0.1) is 12.2 Å². The summed E-state index contributed by atoms with van der Waals surface area (Å²) >= 11 is 0. The first-order chi connectivity index (χ1) is 13.0. The van der Waals surface area contributed by atoms with E-state index in [0.717, 1.165) is 25.7 Å². The Morgan fingerprint density at radius 2 is 1.78 bits per heavy atom. The Hall–Kier alpha value is -2.83. The third-order valence-electron chi connectivity index (χ3n) is 4.80. The van der Waals surface area contributed by atoms with Gasteiger partial charge in [-0.15, -0.1) is 18.3 Å². The Bertz CT molecular complexity index is 919. The van der Waals surface area contributed by atoms with E-state index in [1.54, 1.807) is 12.1 Å². The summed E-state index contributed by atoms with van der Waals surface area (Å²) in [5.74, 6) is -0.253. The summed E-state index contributed by atoms with van der Waals surface area (Å²) in [5, 5.41) is 8.51. The van der Waals surface area contributed by atoms with Crippen molar-refractivity contribution in [2.24, 2.45) is 0 Å². The fourth-order valence-electron chi connectivity index (χ4n) is 3.56. The van der Waals surface area contributed by atoms with Gasteiger partial charge >= 0.3 is 6.36 Å². The van der Waals surface area contributed by atoms with Gasteiger partial charge in [0.25, 0.3) is 0 Å². The SMILES string of the molecule is FC(F)(F)Oc1ccc(-c2cn(C3CCCCc4ccccc43)nn2)cc1. The van der Waals surface area contributed by atoms with Crippen LogP contribution in [0.4, 0.5) is 13.2 Å². The minimum Gasteiger partial charge on any atom is -0.406 e. The van der Waals surface area contributed by atoms with Gasteiger partial charge in [0, 0.05) is 5.56 Å². The molecule has 2 aromatic carbocycles. The highest BCUT2D eigenvalue weighted by molar-refractivity contribution is 5.58. The smallest absolute Gasteiger partial charge is 0.406 e. The maximum Gasteiger partial charge on any atom is 0.573 e. The Balaban J connectivity index is 1.59. The fourth-order valence-corrected chi connectivity index (χ4v) is 3.56. The highest BCUT2D eigenvalue weighted by Crippen LogP contribution is 2.32. The molecule has 0 amide bonds. The van der Waals surface area contributed by atoms with Crippen LogP contribution in [0.15, 0.2) is 54.7 Å². The number of halogens is 3. The van der Waals surface area contributed by atoms with Crippen LogP contribution < -0.4 is 4.74 Å². The lowest BCUT2D eigenvalue weighted by Crippen LogP contribution is -2.16. The highest BCUT2D eigenvalue weighted by Gasteiger charge is 2.31. The van der Waals surface area contributed by atoms with E-state index in [4.69, 9.17) is 0 Å². The third-order valence-corrected chi connectivity index (χ3v) is 4.80. The fraction of sp³-hybridized carbons (Fsp3) is 0.300. The number of aromatic nitrogens is 3. The quantitative estimate of drug-likeness (QED) is 0.596. The number of benzene rings is 2. The lowest BCUT2D eigenvalue weighted by atomic mass is 9.99. The van der Waals surface area contributed by atoms with Crippen molar-refractivity contribution in [2.75, 3.05) is 0 Å². The predicted molar refractivity (Wildman–Crippen MR) is 94.3 cm³/mol. The second kappa shape index (κ2) is 7.06. The zero-order valence-electron chi connectivity index (χ0n) is 14.5. The van der Waals surface area contributed by atoms with E-state index in [2.05, 4.69) is 33.2 Å². The summed E-state index contributed by atoms with van der Waals surface area (Å²) in [4.78, 5) is 0. The van der Waals surface area contributed by atoms with E-state index in [0.29, 0.717) is 11.3 Å². The molecule has 1 atom stereocenters. The van der Waals surface area contributed by atoms with Crippen molar-refractivity contribution >= 4 is 0 Å².